The van der Waals surface area contributed by atoms with Crippen LogP contribution in [0.3, 0.4) is 0 Å². The zero-order chi connectivity index (χ0) is 43.8. The third kappa shape index (κ3) is 6.96. The van der Waals surface area contributed by atoms with E-state index in [0.717, 1.165) is 63.2 Å². The summed E-state index contributed by atoms with van der Waals surface area (Å²) in [5.41, 5.74) is -3.64. The minimum absolute atomic E-state index is 0.0154. The fourth-order valence-corrected chi connectivity index (χ4v) is 11.8. The number of H-pyrrole nitrogens is 1. The molecule has 5 aliphatic rings. The second kappa shape index (κ2) is 15.4. The van der Waals surface area contributed by atoms with Gasteiger partial charge in [-0.15, -0.1) is 0 Å². The molecule has 0 aromatic carbocycles. The maximum absolute atomic E-state index is 13.4. The molecule has 2 unspecified atom stereocenters. The molecule has 0 amide bonds. The van der Waals surface area contributed by atoms with E-state index in [0.29, 0.717) is 42.4 Å². The quantitative estimate of drug-likeness (QED) is 0.178. The molecular formula is C43H48F4N8O6. The lowest BCUT2D eigenvalue weighted by atomic mass is 9.44. The summed E-state index contributed by atoms with van der Waals surface area (Å²) >= 11 is 0. The summed E-state index contributed by atoms with van der Waals surface area (Å²) in [5, 5.41) is 44.3. The highest BCUT2D eigenvalue weighted by Gasteiger charge is 2.68. The minimum Gasteiger partial charge on any atom is -0.393 e. The van der Waals surface area contributed by atoms with E-state index < -0.39 is 52.7 Å². The zero-order valence-electron chi connectivity index (χ0n) is 34.0. The Balaban J connectivity index is 0.000000176. The predicted molar refractivity (Wildman–Crippen MR) is 208 cm³/mol. The maximum atomic E-state index is 13.4. The highest BCUT2D eigenvalue weighted by molar-refractivity contribution is 5.92. The number of pyridine rings is 1. The van der Waals surface area contributed by atoms with Crippen molar-refractivity contribution in [1.29, 1.82) is 5.26 Å². The molecule has 0 spiro atoms. The van der Waals surface area contributed by atoms with Gasteiger partial charge in [0.2, 0.25) is 0 Å². The van der Waals surface area contributed by atoms with Crippen LogP contribution in [-0.4, -0.2) is 79.9 Å². The number of nitrogens with zero attached hydrogens (tertiary/aromatic N) is 7. The van der Waals surface area contributed by atoms with Gasteiger partial charge in [-0.1, -0.05) is 19.9 Å². The summed E-state index contributed by atoms with van der Waals surface area (Å²) < 4.78 is 53.2. The predicted octanol–water partition coefficient (Wildman–Crippen LogP) is 5.47. The largest absolute Gasteiger partial charge is 0.433 e. The first-order chi connectivity index (χ1) is 28.8. The normalized spacial score (nSPS) is 33.6. The number of aromatic amines is 1. The van der Waals surface area contributed by atoms with Crippen LogP contribution in [0, 0.1) is 51.6 Å². The molecule has 4 N–H and O–H groups in total. The molecule has 11 atom stereocenters. The molecule has 18 heteroatoms. The molecule has 14 nitrogen and oxygen atoms in total. The van der Waals surface area contributed by atoms with Crippen LogP contribution in [0.25, 0.3) is 11.0 Å². The molecule has 5 aliphatic carbocycles. The van der Waals surface area contributed by atoms with Gasteiger partial charge in [-0.05, 0) is 99.5 Å². The SMILES string of the molecule is C[C@@H](c1ccc(C(F)(F)F)nc1)n1nc(C#N)c2c(=O)[nH]c(C3CCC3c3ncc(F)cn3)nc21.C[C@]12CC[C@@H](O)C[C@H]1CC[C@@H]1[C@@H]2C(=O)C[C@@]2(C)[C@H]1CC[C@]2(O)C(=O)CO. The average Bonchev–Trinajstić information content (AvgIpc) is 3.72. The number of Topliss-reactive ketones (excluding diaryl/α,β-unsaturated/α-hetero) is 2. The minimum atomic E-state index is -4.58. The van der Waals surface area contributed by atoms with Crippen LogP contribution in [0.5, 0.6) is 0 Å². The summed E-state index contributed by atoms with van der Waals surface area (Å²) in [6, 6.07) is 3.32. The third-order valence-electron chi connectivity index (χ3n) is 15.3. The Bertz CT molecular complexity index is 2450. The van der Waals surface area contributed by atoms with Gasteiger partial charge in [0.25, 0.3) is 5.56 Å². The van der Waals surface area contributed by atoms with Crippen molar-refractivity contribution in [3.8, 4) is 6.07 Å². The van der Waals surface area contributed by atoms with Crippen molar-refractivity contribution in [2.24, 2.45) is 34.5 Å². The van der Waals surface area contributed by atoms with Gasteiger partial charge in [0.15, 0.2) is 22.9 Å². The highest BCUT2D eigenvalue weighted by Crippen LogP contribution is 2.67. The van der Waals surface area contributed by atoms with E-state index in [1.54, 1.807) is 6.92 Å². The van der Waals surface area contributed by atoms with Gasteiger partial charge < -0.3 is 20.3 Å². The number of rotatable bonds is 6. The molecule has 0 aliphatic heterocycles. The molecule has 0 bridgehead atoms. The number of hydrogen-bond donors (Lipinski definition) is 4. The first kappa shape index (κ1) is 42.7. The second-order valence-corrected chi connectivity index (χ2v) is 18.3. The van der Waals surface area contributed by atoms with Crippen LogP contribution < -0.4 is 5.56 Å². The molecule has 9 rings (SSSR count). The highest BCUT2D eigenvalue weighted by atomic mass is 19.4. The van der Waals surface area contributed by atoms with Gasteiger partial charge in [-0.25, -0.2) is 24.0 Å². The zero-order valence-corrected chi connectivity index (χ0v) is 34.0. The number of nitriles is 1. The number of carbonyl (C=O) groups is 2. The molecule has 4 heterocycles. The monoisotopic (exact) mass is 848 g/mol. The molecule has 5 fully saturated rings. The summed E-state index contributed by atoms with van der Waals surface area (Å²) in [6.45, 7) is 5.12. The summed E-state index contributed by atoms with van der Waals surface area (Å²) in [7, 11) is 0. The molecular weight excluding hydrogens is 801 g/mol. The molecule has 324 valence electrons. The van der Waals surface area contributed by atoms with Crippen LogP contribution in [-0.2, 0) is 15.8 Å². The van der Waals surface area contributed by atoms with E-state index >= 15 is 0 Å². The van der Waals surface area contributed by atoms with Crippen LogP contribution in [0.1, 0.15) is 131 Å². The van der Waals surface area contributed by atoms with Crippen molar-refractivity contribution in [2.45, 2.75) is 121 Å². The summed E-state index contributed by atoms with van der Waals surface area (Å²) in [6.07, 6.45) is 5.52. The van der Waals surface area contributed by atoms with E-state index in [-0.39, 0.29) is 70.0 Å². The smallest absolute Gasteiger partial charge is 0.393 e. The third-order valence-corrected chi connectivity index (χ3v) is 15.3. The van der Waals surface area contributed by atoms with Crippen molar-refractivity contribution in [2.75, 3.05) is 6.61 Å². The molecule has 0 saturated heterocycles. The molecule has 4 aromatic heterocycles. The topological polar surface area (TPSA) is 221 Å². The number of ketones is 2. The Morgan fingerprint density at radius 1 is 1.03 bits per heavy atom. The Morgan fingerprint density at radius 3 is 2.38 bits per heavy atom. The Kier molecular flexibility index (Phi) is 10.8. The average molecular weight is 849 g/mol. The van der Waals surface area contributed by atoms with Gasteiger partial charge in [-0.3, -0.25) is 19.4 Å². The van der Waals surface area contributed by atoms with Crippen molar-refractivity contribution in [3.05, 3.63) is 75.5 Å². The van der Waals surface area contributed by atoms with Crippen molar-refractivity contribution in [3.63, 3.8) is 0 Å². The number of hydrogen-bond acceptors (Lipinski definition) is 12. The van der Waals surface area contributed by atoms with Gasteiger partial charge in [0.05, 0.1) is 24.5 Å². The number of aliphatic hydroxyl groups is 3. The standard InChI is InChI=1S/C22H16F4N8O.C21H32O5/c1-10(11-2-5-16(28-7-11)22(24,25)26)34-20-17(15(6-27)33-34)21(35)32-19(31-20)14-4-3-13(14)18-29-8-12(23)9-30-18;1-19-7-5-13(23)9-12(19)3-4-14-15-6-8-21(26,17(25)11-22)20(15,2)10-16(24)18(14)19/h2,5,7-10,13-14H,3-4H2,1H3,(H,31,32,35);12-15,18,22-23,26H,3-11H2,1-2H3/t10-,13?,14?;12-,13-,14+,15+,18-,19+,20+,21+/m01/s1. The molecule has 5 saturated carbocycles. The lowest BCUT2D eigenvalue weighted by Crippen LogP contribution is -2.62. The molecule has 0 radical (unpaired) electrons. The van der Waals surface area contributed by atoms with Crippen LogP contribution >= 0.6 is 0 Å². The van der Waals surface area contributed by atoms with E-state index in [9.17, 15) is 52.5 Å². The van der Waals surface area contributed by atoms with Crippen molar-refractivity contribution in [1.82, 2.24) is 34.7 Å². The van der Waals surface area contributed by atoms with E-state index in [1.807, 2.05) is 13.0 Å². The lowest BCUT2D eigenvalue weighted by molar-refractivity contribution is -0.180. The van der Waals surface area contributed by atoms with Gasteiger partial charge in [0.1, 0.15) is 46.8 Å². The van der Waals surface area contributed by atoms with Gasteiger partial charge >= 0.3 is 6.18 Å². The number of fused-ring (bicyclic) bond motifs is 6. The van der Waals surface area contributed by atoms with Crippen LogP contribution in [0.4, 0.5) is 17.6 Å². The number of aromatic nitrogens is 7. The number of aliphatic hydroxyl groups excluding tert-OH is 2. The van der Waals surface area contributed by atoms with E-state index in [2.05, 4.69) is 36.9 Å². The number of nitrogens with one attached hydrogen (secondary N) is 1. The van der Waals surface area contributed by atoms with Crippen LogP contribution in [0.2, 0.25) is 0 Å². The lowest BCUT2D eigenvalue weighted by Gasteiger charge is -2.60. The van der Waals surface area contributed by atoms with Crippen molar-refractivity contribution < 1.29 is 42.5 Å². The number of carbonyl (C=O) groups excluding carboxylic acids is 2. The Morgan fingerprint density at radius 2 is 1.75 bits per heavy atom. The second-order valence-electron chi connectivity index (χ2n) is 18.3. The number of halogens is 4. The van der Waals surface area contributed by atoms with Gasteiger partial charge in [-0.2, -0.15) is 23.5 Å². The molecule has 4 aromatic rings. The molecule has 61 heavy (non-hydrogen) atoms. The van der Waals surface area contributed by atoms with Gasteiger partial charge in [0, 0.05) is 35.8 Å². The first-order valence-corrected chi connectivity index (χ1v) is 20.8. The van der Waals surface area contributed by atoms with Crippen LogP contribution in [0.15, 0.2) is 35.5 Å². The maximum Gasteiger partial charge on any atom is 0.433 e. The Labute approximate surface area is 347 Å². The van der Waals surface area contributed by atoms with E-state index in [4.69, 9.17) is 0 Å². The summed E-state index contributed by atoms with van der Waals surface area (Å²) in [4.78, 5) is 57.5. The fraction of sp³-hybridized carbons (Fsp3) is 0.605. The number of alkyl halides is 3. The van der Waals surface area contributed by atoms with Crippen molar-refractivity contribution >= 4 is 22.6 Å². The van der Waals surface area contributed by atoms with E-state index in [1.165, 1.54) is 10.7 Å². The fourth-order valence-electron chi connectivity index (χ4n) is 11.8. The summed E-state index contributed by atoms with van der Waals surface area (Å²) in [5.74, 6) is 0.173. The Hall–Kier alpha value is -4.99. The first-order valence-electron chi connectivity index (χ1n) is 20.8.